The van der Waals surface area contributed by atoms with E-state index < -0.39 is 16.0 Å². The first-order chi connectivity index (χ1) is 7.99. The van der Waals surface area contributed by atoms with Crippen LogP contribution in [0.4, 0.5) is 16.0 Å². The molecular weight excluding hydrogens is 249 g/mol. The van der Waals surface area contributed by atoms with Gasteiger partial charge in [-0.3, -0.25) is 9.82 Å². The van der Waals surface area contributed by atoms with Crippen molar-refractivity contribution in [3.63, 3.8) is 0 Å². The predicted octanol–water partition coefficient (Wildman–Crippen LogP) is 0.327. The van der Waals surface area contributed by atoms with Gasteiger partial charge in [0.05, 0.1) is 6.20 Å². The van der Waals surface area contributed by atoms with Gasteiger partial charge in [0.1, 0.15) is 16.5 Å². The van der Waals surface area contributed by atoms with Crippen molar-refractivity contribution < 1.29 is 12.8 Å². The minimum Gasteiger partial charge on any atom is -0.383 e. The van der Waals surface area contributed by atoms with Crippen LogP contribution in [0.25, 0.3) is 0 Å². The SMILES string of the molecule is Nc1[nH]ncc1S(=O)(=O)Nc1cccc(F)n1. The van der Waals surface area contributed by atoms with Crippen molar-refractivity contribution in [2.24, 2.45) is 0 Å². The highest BCUT2D eigenvalue weighted by molar-refractivity contribution is 7.92. The first-order valence-electron chi connectivity index (χ1n) is 4.43. The van der Waals surface area contributed by atoms with Crippen LogP contribution in [-0.4, -0.2) is 23.6 Å². The summed E-state index contributed by atoms with van der Waals surface area (Å²) in [6.45, 7) is 0. The minimum atomic E-state index is -3.92. The molecule has 0 bridgehead atoms. The maximum absolute atomic E-state index is 12.8. The Hall–Kier alpha value is -2.16. The van der Waals surface area contributed by atoms with Crippen molar-refractivity contribution in [2.45, 2.75) is 4.90 Å². The zero-order valence-corrected chi connectivity index (χ0v) is 9.20. The lowest BCUT2D eigenvalue weighted by atomic mass is 10.5. The van der Waals surface area contributed by atoms with E-state index >= 15 is 0 Å². The van der Waals surface area contributed by atoms with Crippen molar-refractivity contribution in [3.8, 4) is 0 Å². The van der Waals surface area contributed by atoms with Crippen LogP contribution in [0, 0.1) is 5.95 Å². The molecule has 2 rings (SSSR count). The molecule has 0 radical (unpaired) electrons. The van der Waals surface area contributed by atoms with E-state index in [9.17, 15) is 12.8 Å². The van der Waals surface area contributed by atoms with Gasteiger partial charge in [0, 0.05) is 0 Å². The summed E-state index contributed by atoms with van der Waals surface area (Å²) in [6, 6.07) is 3.75. The van der Waals surface area contributed by atoms with Gasteiger partial charge in [0.25, 0.3) is 10.0 Å². The second-order valence-corrected chi connectivity index (χ2v) is 4.75. The van der Waals surface area contributed by atoms with Gasteiger partial charge < -0.3 is 5.73 Å². The predicted molar refractivity (Wildman–Crippen MR) is 58.0 cm³/mol. The van der Waals surface area contributed by atoms with Gasteiger partial charge in [-0.1, -0.05) is 6.07 Å². The number of pyridine rings is 1. The summed E-state index contributed by atoms with van der Waals surface area (Å²) in [5, 5.41) is 5.77. The van der Waals surface area contributed by atoms with Gasteiger partial charge in [-0.05, 0) is 12.1 Å². The van der Waals surface area contributed by atoms with Crippen molar-refractivity contribution in [2.75, 3.05) is 10.5 Å². The summed E-state index contributed by atoms with van der Waals surface area (Å²) >= 11 is 0. The molecule has 4 N–H and O–H groups in total. The Morgan fingerprint density at radius 1 is 1.41 bits per heavy atom. The summed E-state index contributed by atoms with van der Waals surface area (Å²) in [4.78, 5) is 3.15. The summed E-state index contributed by atoms with van der Waals surface area (Å²) in [7, 11) is -3.92. The molecule has 17 heavy (non-hydrogen) atoms. The van der Waals surface area contributed by atoms with E-state index in [1.54, 1.807) is 0 Å². The quantitative estimate of drug-likeness (QED) is 0.685. The number of sulfonamides is 1. The molecule has 0 aliphatic heterocycles. The number of nitrogens with zero attached hydrogens (tertiary/aromatic N) is 2. The first-order valence-corrected chi connectivity index (χ1v) is 5.91. The molecule has 2 heterocycles. The van der Waals surface area contributed by atoms with E-state index in [-0.39, 0.29) is 16.5 Å². The standard InChI is InChI=1S/C8H8FN5O2S/c9-6-2-1-3-7(12-6)14-17(15,16)5-4-11-13-8(5)10/h1-4H,(H,12,14)(H3,10,11,13). The fraction of sp³-hybridized carbons (Fsp3) is 0. The third-order valence-electron chi connectivity index (χ3n) is 1.88. The zero-order valence-electron chi connectivity index (χ0n) is 8.38. The van der Waals surface area contributed by atoms with Crippen molar-refractivity contribution in [3.05, 3.63) is 30.3 Å². The van der Waals surface area contributed by atoms with Gasteiger partial charge in [-0.25, -0.2) is 13.4 Å². The third-order valence-corrected chi connectivity index (χ3v) is 3.26. The first kappa shape index (κ1) is 11.3. The Morgan fingerprint density at radius 3 is 2.76 bits per heavy atom. The van der Waals surface area contributed by atoms with E-state index in [1.807, 2.05) is 0 Å². The maximum Gasteiger partial charge on any atom is 0.268 e. The fourth-order valence-electron chi connectivity index (χ4n) is 1.16. The Labute approximate surface area is 95.9 Å². The average molecular weight is 257 g/mol. The molecular formula is C8H8FN5O2S. The Bertz CT molecular complexity index is 639. The number of aromatic amines is 1. The van der Waals surface area contributed by atoms with Crippen molar-refractivity contribution >= 4 is 21.7 Å². The lowest BCUT2D eigenvalue weighted by molar-refractivity contribution is 0.584. The number of H-pyrrole nitrogens is 1. The molecule has 2 aromatic heterocycles. The normalized spacial score (nSPS) is 11.4. The highest BCUT2D eigenvalue weighted by Gasteiger charge is 2.19. The number of nitrogen functional groups attached to an aromatic ring is 1. The third kappa shape index (κ3) is 2.33. The Kier molecular flexibility index (Phi) is 2.68. The van der Waals surface area contributed by atoms with Gasteiger partial charge in [0.2, 0.25) is 5.95 Å². The number of nitrogens with one attached hydrogen (secondary N) is 2. The lowest BCUT2D eigenvalue weighted by Gasteiger charge is -2.05. The number of halogens is 1. The average Bonchev–Trinajstić information content (AvgIpc) is 2.64. The van der Waals surface area contributed by atoms with E-state index in [1.165, 1.54) is 12.1 Å². The van der Waals surface area contributed by atoms with Crippen LogP contribution < -0.4 is 10.5 Å². The number of nitrogens with two attached hydrogens (primary N) is 1. The van der Waals surface area contributed by atoms with Gasteiger partial charge >= 0.3 is 0 Å². The van der Waals surface area contributed by atoms with Crippen LogP contribution in [0.3, 0.4) is 0 Å². The highest BCUT2D eigenvalue weighted by Crippen LogP contribution is 2.17. The Morgan fingerprint density at radius 2 is 2.18 bits per heavy atom. The van der Waals surface area contributed by atoms with Crippen LogP contribution >= 0.6 is 0 Å². The summed E-state index contributed by atoms with van der Waals surface area (Å²) in [5.74, 6) is -1.02. The molecule has 0 atom stereocenters. The van der Waals surface area contributed by atoms with Gasteiger partial charge in [0.15, 0.2) is 0 Å². The van der Waals surface area contributed by atoms with E-state index in [0.717, 1.165) is 12.3 Å². The Balaban J connectivity index is 2.33. The lowest BCUT2D eigenvalue weighted by Crippen LogP contribution is -2.15. The molecule has 7 nitrogen and oxygen atoms in total. The molecule has 90 valence electrons. The number of rotatable bonds is 3. The van der Waals surface area contributed by atoms with Crippen LogP contribution in [0.15, 0.2) is 29.3 Å². The minimum absolute atomic E-state index is 0.103. The molecule has 0 aliphatic carbocycles. The van der Waals surface area contributed by atoms with Gasteiger partial charge in [-0.2, -0.15) is 9.49 Å². The second-order valence-electron chi connectivity index (χ2n) is 3.10. The number of hydrogen-bond acceptors (Lipinski definition) is 5. The van der Waals surface area contributed by atoms with E-state index in [2.05, 4.69) is 19.9 Å². The topological polar surface area (TPSA) is 114 Å². The van der Waals surface area contributed by atoms with Crippen molar-refractivity contribution in [1.82, 2.24) is 15.2 Å². The highest BCUT2D eigenvalue weighted by atomic mass is 32.2. The molecule has 0 amide bonds. The molecule has 0 unspecified atom stereocenters. The molecule has 0 fully saturated rings. The molecule has 0 saturated carbocycles. The second kappa shape index (κ2) is 4.01. The van der Waals surface area contributed by atoms with E-state index in [0.29, 0.717) is 0 Å². The smallest absolute Gasteiger partial charge is 0.268 e. The molecule has 0 aliphatic rings. The number of anilines is 2. The van der Waals surface area contributed by atoms with Crippen LogP contribution in [0.5, 0.6) is 0 Å². The molecule has 0 aromatic carbocycles. The monoisotopic (exact) mass is 257 g/mol. The van der Waals surface area contributed by atoms with Crippen LogP contribution in [0.1, 0.15) is 0 Å². The summed E-state index contributed by atoms with van der Waals surface area (Å²) in [6.07, 6.45) is 1.05. The fourth-order valence-corrected chi connectivity index (χ4v) is 2.18. The molecule has 0 saturated heterocycles. The van der Waals surface area contributed by atoms with Crippen molar-refractivity contribution in [1.29, 1.82) is 0 Å². The largest absolute Gasteiger partial charge is 0.383 e. The summed E-state index contributed by atoms with van der Waals surface area (Å²) < 4.78 is 38.4. The van der Waals surface area contributed by atoms with Crippen LogP contribution in [-0.2, 0) is 10.0 Å². The number of aromatic nitrogens is 3. The zero-order chi connectivity index (χ0) is 12.5. The molecule has 9 heteroatoms. The van der Waals surface area contributed by atoms with Gasteiger partial charge in [-0.15, -0.1) is 0 Å². The molecule has 0 spiro atoms. The number of hydrogen-bond donors (Lipinski definition) is 3. The molecule has 2 aromatic rings. The van der Waals surface area contributed by atoms with Crippen LogP contribution in [0.2, 0.25) is 0 Å². The maximum atomic E-state index is 12.8. The summed E-state index contributed by atoms with van der Waals surface area (Å²) in [5.41, 5.74) is 5.38. The van der Waals surface area contributed by atoms with E-state index in [4.69, 9.17) is 5.73 Å².